The first-order valence-electron chi connectivity index (χ1n) is 8.99. The quantitative estimate of drug-likeness (QED) is 0.858. The van der Waals surface area contributed by atoms with E-state index in [4.69, 9.17) is 0 Å². The van der Waals surface area contributed by atoms with Gasteiger partial charge in [0.05, 0.1) is 6.26 Å². The Morgan fingerprint density at radius 2 is 2.08 bits per heavy atom. The predicted octanol–water partition coefficient (Wildman–Crippen LogP) is 1.63. The Morgan fingerprint density at radius 1 is 1.31 bits per heavy atom. The molecule has 2 heterocycles. The molecule has 8 heteroatoms. The number of carbonyl (C=O) groups excluding carboxylic acids is 1. The first kappa shape index (κ1) is 19.3. The van der Waals surface area contributed by atoms with Gasteiger partial charge in [0, 0.05) is 45.2 Å². The largest absolute Gasteiger partial charge is 0.339 e. The molecule has 0 saturated carbocycles. The Morgan fingerprint density at radius 3 is 2.77 bits per heavy atom. The Hall–Kier alpha value is -1.51. The Balaban J connectivity index is 1.77. The number of hydrogen-bond donors (Lipinski definition) is 1. The van der Waals surface area contributed by atoms with Crippen LogP contribution in [0.2, 0.25) is 0 Å². The summed E-state index contributed by atoms with van der Waals surface area (Å²) in [6, 6.07) is 4.62. The summed E-state index contributed by atoms with van der Waals surface area (Å²) in [5, 5.41) is 3.47. The maximum absolute atomic E-state index is 13.7. The SMILES string of the molecule is CC(=O)N1CCC(NC[C@H]2CCCN2S(C)(=O)=O)c2ccc(F)cc2C1. The number of nitrogens with zero attached hydrogens (tertiary/aromatic N) is 2. The van der Waals surface area contributed by atoms with E-state index in [1.807, 2.05) is 0 Å². The molecule has 0 aromatic heterocycles. The summed E-state index contributed by atoms with van der Waals surface area (Å²) in [6.45, 7) is 3.63. The van der Waals surface area contributed by atoms with Crippen LogP contribution < -0.4 is 5.32 Å². The molecule has 1 saturated heterocycles. The van der Waals surface area contributed by atoms with Crippen molar-refractivity contribution < 1.29 is 17.6 Å². The number of sulfonamides is 1. The fourth-order valence-electron chi connectivity index (χ4n) is 3.99. The number of rotatable bonds is 4. The van der Waals surface area contributed by atoms with Crippen molar-refractivity contribution in [2.24, 2.45) is 0 Å². The van der Waals surface area contributed by atoms with Crippen molar-refractivity contribution in [3.05, 3.63) is 35.1 Å². The van der Waals surface area contributed by atoms with Crippen molar-refractivity contribution in [1.29, 1.82) is 0 Å². The van der Waals surface area contributed by atoms with Crippen LogP contribution in [0, 0.1) is 5.82 Å². The number of halogens is 1. The monoisotopic (exact) mass is 383 g/mol. The summed E-state index contributed by atoms with van der Waals surface area (Å²) in [7, 11) is -3.21. The van der Waals surface area contributed by atoms with Crippen molar-refractivity contribution in [3.8, 4) is 0 Å². The van der Waals surface area contributed by atoms with Gasteiger partial charge >= 0.3 is 0 Å². The van der Waals surface area contributed by atoms with Crippen molar-refractivity contribution in [2.45, 2.75) is 44.8 Å². The third kappa shape index (κ3) is 4.24. The Bertz CT molecular complexity index is 784. The average molecular weight is 383 g/mol. The van der Waals surface area contributed by atoms with E-state index in [0.717, 1.165) is 24.0 Å². The number of fused-ring (bicyclic) bond motifs is 1. The molecule has 3 rings (SSSR count). The van der Waals surface area contributed by atoms with Gasteiger partial charge in [0.2, 0.25) is 15.9 Å². The van der Waals surface area contributed by atoms with Gasteiger partial charge in [-0.05, 0) is 42.5 Å². The van der Waals surface area contributed by atoms with E-state index in [9.17, 15) is 17.6 Å². The summed E-state index contributed by atoms with van der Waals surface area (Å²) in [5.74, 6) is -0.341. The summed E-state index contributed by atoms with van der Waals surface area (Å²) in [5.41, 5.74) is 1.79. The molecular formula is C18H26FN3O3S. The lowest BCUT2D eigenvalue weighted by atomic mass is 9.99. The molecule has 1 aromatic carbocycles. The smallest absolute Gasteiger partial charge is 0.219 e. The van der Waals surface area contributed by atoms with Crippen LogP contribution in [0.1, 0.15) is 43.4 Å². The van der Waals surface area contributed by atoms with Gasteiger partial charge in [-0.1, -0.05) is 6.07 Å². The van der Waals surface area contributed by atoms with Gasteiger partial charge in [-0.25, -0.2) is 12.8 Å². The van der Waals surface area contributed by atoms with E-state index < -0.39 is 10.0 Å². The summed E-state index contributed by atoms with van der Waals surface area (Å²) in [6.07, 6.45) is 3.66. The minimum absolute atomic E-state index is 0.0279. The number of amides is 1. The minimum atomic E-state index is -3.21. The van der Waals surface area contributed by atoms with Crippen LogP contribution >= 0.6 is 0 Å². The second-order valence-corrected chi connectivity index (χ2v) is 9.14. The van der Waals surface area contributed by atoms with Gasteiger partial charge in [-0.15, -0.1) is 0 Å². The number of hydrogen-bond acceptors (Lipinski definition) is 4. The molecule has 1 unspecified atom stereocenters. The van der Waals surface area contributed by atoms with E-state index in [0.29, 0.717) is 32.6 Å². The van der Waals surface area contributed by atoms with Gasteiger partial charge in [-0.2, -0.15) is 4.31 Å². The van der Waals surface area contributed by atoms with Gasteiger partial charge in [0.1, 0.15) is 5.82 Å². The van der Waals surface area contributed by atoms with Crippen molar-refractivity contribution in [3.63, 3.8) is 0 Å². The van der Waals surface area contributed by atoms with Crippen LogP contribution in [-0.2, 0) is 21.4 Å². The topological polar surface area (TPSA) is 69.7 Å². The molecule has 2 atom stereocenters. The van der Waals surface area contributed by atoms with Crippen molar-refractivity contribution in [1.82, 2.24) is 14.5 Å². The van der Waals surface area contributed by atoms with Crippen LogP contribution in [0.15, 0.2) is 18.2 Å². The standard InChI is InChI=1S/C18H26FN3O3S/c1-13(23)21-9-7-18(17-6-5-15(19)10-14(17)12-21)20-11-16-4-3-8-22(16)26(2,24)25/h5-6,10,16,18,20H,3-4,7-9,11-12H2,1-2H3/t16-,18?/m1/s1. The van der Waals surface area contributed by atoms with Crippen molar-refractivity contribution >= 4 is 15.9 Å². The lowest BCUT2D eigenvalue weighted by Crippen LogP contribution is -2.42. The third-order valence-corrected chi connectivity index (χ3v) is 6.66. The van der Waals surface area contributed by atoms with Gasteiger partial charge in [0.25, 0.3) is 0 Å². The highest BCUT2D eigenvalue weighted by atomic mass is 32.2. The normalized spacial score (nSPS) is 24.3. The average Bonchev–Trinajstić information content (AvgIpc) is 2.95. The predicted molar refractivity (Wildman–Crippen MR) is 97.4 cm³/mol. The minimum Gasteiger partial charge on any atom is -0.339 e. The lowest BCUT2D eigenvalue weighted by molar-refractivity contribution is -0.129. The molecule has 1 fully saturated rings. The number of nitrogens with one attached hydrogen (secondary N) is 1. The van der Waals surface area contributed by atoms with Gasteiger partial charge in [0.15, 0.2) is 0 Å². The van der Waals surface area contributed by atoms with E-state index in [-0.39, 0.29) is 23.8 Å². The van der Waals surface area contributed by atoms with Crippen LogP contribution in [0.25, 0.3) is 0 Å². The lowest BCUT2D eigenvalue weighted by Gasteiger charge is -2.26. The first-order chi connectivity index (χ1) is 12.3. The molecule has 144 valence electrons. The Labute approximate surface area is 154 Å². The highest BCUT2D eigenvalue weighted by Crippen LogP contribution is 2.28. The molecule has 26 heavy (non-hydrogen) atoms. The zero-order valence-electron chi connectivity index (χ0n) is 15.2. The van der Waals surface area contributed by atoms with E-state index in [2.05, 4.69) is 5.32 Å². The van der Waals surface area contributed by atoms with Crippen LogP contribution in [0.4, 0.5) is 4.39 Å². The van der Waals surface area contributed by atoms with E-state index >= 15 is 0 Å². The first-order valence-corrected chi connectivity index (χ1v) is 10.8. The molecular weight excluding hydrogens is 357 g/mol. The van der Waals surface area contributed by atoms with E-state index in [1.165, 1.54) is 25.3 Å². The van der Waals surface area contributed by atoms with Crippen molar-refractivity contribution in [2.75, 3.05) is 25.9 Å². The molecule has 0 radical (unpaired) electrons. The van der Waals surface area contributed by atoms with Crippen LogP contribution in [-0.4, -0.2) is 55.5 Å². The highest BCUT2D eigenvalue weighted by Gasteiger charge is 2.32. The summed E-state index contributed by atoms with van der Waals surface area (Å²) >= 11 is 0. The molecule has 1 aromatic rings. The number of carbonyl (C=O) groups is 1. The maximum Gasteiger partial charge on any atom is 0.219 e. The van der Waals surface area contributed by atoms with E-state index in [1.54, 1.807) is 15.3 Å². The molecule has 0 bridgehead atoms. The molecule has 1 amide bonds. The van der Waals surface area contributed by atoms with Crippen LogP contribution in [0.3, 0.4) is 0 Å². The maximum atomic E-state index is 13.7. The van der Waals surface area contributed by atoms with Gasteiger partial charge < -0.3 is 10.2 Å². The molecule has 1 N–H and O–H groups in total. The third-order valence-electron chi connectivity index (χ3n) is 5.32. The van der Waals surface area contributed by atoms with Crippen LogP contribution in [0.5, 0.6) is 0 Å². The molecule has 0 spiro atoms. The Kier molecular flexibility index (Phi) is 5.64. The molecule has 6 nitrogen and oxygen atoms in total. The molecule has 0 aliphatic carbocycles. The summed E-state index contributed by atoms with van der Waals surface area (Å²) < 4.78 is 39.1. The zero-order chi connectivity index (χ0) is 18.9. The van der Waals surface area contributed by atoms with Gasteiger partial charge in [-0.3, -0.25) is 4.79 Å². The fraction of sp³-hybridized carbons (Fsp3) is 0.611. The molecule has 2 aliphatic rings. The zero-order valence-corrected chi connectivity index (χ0v) is 16.1. The second kappa shape index (κ2) is 7.62. The summed E-state index contributed by atoms with van der Waals surface area (Å²) in [4.78, 5) is 13.5. The number of benzene rings is 1. The fourth-order valence-corrected chi connectivity index (χ4v) is 5.17. The highest BCUT2D eigenvalue weighted by molar-refractivity contribution is 7.88. The molecule has 2 aliphatic heterocycles. The second-order valence-electron chi connectivity index (χ2n) is 7.20.